The molecule has 1 atom stereocenters. The molecule has 0 amide bonds. The maximum Gasteiger partial charge on any atom is 0.338 e. The highest BCUT2D eigenvalue weighted by atomic mass is 32.1. The van der Waals surface area contributed by atoms with Crippen molar-refractivity contribution in [3.63, 3.8) is 0 Å². The van der Waals surface area contributed by atoms with E-state index in [1.165, 1.54) is 44.1 Å². The van der Waals surface area contributed by atoms with E-state index in [4.69, 9.17) is 18.9 Å². The van der Waals surface area contributed by atoms with E-state index in [-0.39, 0.29) is 27.1 Å². The van der Waals surface area contributed by atoms with Crippen LogP contribution >= 0.6 is 11.3 Å². The number of nitrogens with zero attached hydrogens (tertiary/aromatic N) is 3. The minimum atomic E-state index is -0.993. The van der Waals surface area contributed by atoms with Gasteiger partial charge in [0.15, 0.2) is 16.3 Å². The lowest BCUT2D eigenvalue weighted by Crippen LogP contribution is -2.40. The molecule has 2 heterocycles. The van der Waals surface area contributed by atoms with Crippen LogP contribution in [0, 0.1) is 10.1 Å². The van der Waals surface area contributed by atoms with Crippen molar-refractivity contribution in [2.24, 2.45) is 4.99 Å². The Hall–Kier alpha value is -4.65. The Morgan fingerprint density at radius 3 is 2.41 bits per heavy atom. The highest BCUT2D eigenvalue weighted by Crippen LogP contribution is 2.42. The van der Waals surface area contributed by atoms with E-state index in [2.05, 4.69) is 4.99 Å². The average Bonchev–Trinajstić information content (AvgIpc) is 3.21. The molecule has 1 aromatic heterocycles. The van der Waals surface area contributed by atoms with E-state index < -0.39 is 33.9 Å². The van der Waals surface area contributed by atoms with Crippen LogP contribution in [0.2, 0.25) is 0 Å². The first-order valence-electron chi connectivity index (χ1n) is 11.6. The van der Waals surface area contributed by atoms with Crippen LogP contribution in [0.25, 0.3) is 6.08 Å². The second-order valence-electron chi connectivity index (χ2n) is 8.21. The van der Waals surface area contributed by atoms with E-state index in [1.54, 1.807) is 26.0 Å². The number of para-hydroxylation sites is 1. The molecule has 0 spiro atoms. The summed E-state index contributed by atoms with van der Waals surface area (Å²) in [6.07, 6.45) is 1.29. The highest BCUT2D eigenvalue weighted by molar-refractivity contribution is 7.07. The van der Waals surface area contributed by atoms with Crippen LogP contribution < -0.4 is 34.2 Å². The van der Waals surface area contributed by atoms with Gasteiger partial charge in [0.05, 0.1) is 54.7 Å². The highest BCUT2D eigenvalue weighted by Gasteiger charge is 2.34. The summed E-state index contributed by atoms with van der Waals surface area (Å²) in [7, 11) is 4.34. The number of hydrogen-bond donors (Lipinski definition) is 0. The van der Waals surface area contributed by atoms with Gasteiger partial charge in [-0.25, -0.2) is 9.79 Å². The number of fused-ring (bicyclic) bond motifs is 1. The van der Waals surface area contributed by atoms with Gasteiger partial charge in [0.25, 0.3) is 11.2 Å². The van der Waals surface area contributed by atoms with Gasteiger partial charge in [-0.1, -0.05) is 23.5 Å². The predicted octanol–water partition coefficient (Wildman–Crippen LogP) is 1.81. The molecule has 0 aliphatic carbocycles. The number of esters is 1. The summed E-state index contributed by atoms with van der Waals surface area (Å²) >= 11 is 0.983. The number of ether oxygens (including phenoxy) is 4. The van der Waals surface area contributed by atoms with Gasteiger partial charge in [0.2, 0.25) is 5.75 Å². The van der Waals surface area contributed by atoms with Crippen LogP contribution in [0.1, 0.15) is 31.0 Å². The molecule has 204 valence electrons. The molecule has 0 saturated carbocycles. The Morgan fingerprint density at radius 1 is 1.18 bits per heavy atom. The number of benzene rings is 2. The van der Waals surface area contributed by atoms with Crippen molar-refractivity contribution in [3.8, 4) is 23.0 Å². The number of hydrogen-bond acceptors (Lipinski definition) is 11. The molecule has 0 N–H and O–H groups in total. The molecule has 0 fully saturated rings. The van der Waals surface area contributed by atoms with Gasteiger partial charge in [0.1, 0.15) is 0 Å². The van der Waals surface area contributed by atoms with Crippen LogP contribution in [0.15, 0.2) is 51.4 Å². The lowest BCUT2D eigenvalue weighted by Gasteiger charge is -2.26. The topological polar surface area (TPSA) is 155 Å². The van der Waals surface area contributed by atoms with Crippen LogP contribution in [0.5, 0.6) is 23.0 Å². The smallest absolute Gasteiger partial charge is 0.338 e. The number of carbonyl (C=O) groups is 1. The number of rotatable bonds is 8. The van der Waals surface area contributed by atoms with E-state index in [0.717, 1.165) is 17.4 Å². The zero-order chi connectivity index (χ0) is 28.4. The second kappa shape index (κ2) is 11.0. The fourth-order valence-electron chi connectivity index (χ4n) is 4.31. The first kappa shape index (κ1) is 27.4. The predicted molar refractivity (Wildman–Crippen MR) is 139 cm³/mol. The Labute approximate surface area is 225 Å². The molecule has 39 heavy (non-hydrogen) atoms. The minimum absolute atomic E-state index is 0.0277. The van der Waals surface area contributed by atoms with E-state index in [1.807, 2.05) is 0 Å². The van der Waals surface area contributed by atoms with Crippen molar-refractivity contribution in [2.75, 3.05) is 27.9 Å². The summed E-state index contributed by atoms with van der Waals surface area (Å²) in [5.74, 6) is -0.549. The zero-order valence-electron chi connectivity index (χ0n) is 21.7. The van der Waals surface area contributed by atoms with Gasteiger partial charge in [-0.05, 0) is 48.9 Å². The molecule has 3 aromatic rings. The summed E-state index contributed by atoms with van der Waals surface area (Å²) in [5, 5.41) is 23.8. The van der Waals surface area contributed by atoms with Crippen molar-refractivity contribution in [3.05, 3.63) is 82.5 Å². The maximum absolute atomic E-state index is 13.8. The molecule has 12 nitrogen and oxygen atoms in total. The number of nitro benzene ring substituents is 1. The SMILES string of the molecule is CCOC(=O)C1=C(C)N=c2s/c(=C/c3cccc([N+](=O)[O-])c3[O-])c(=O)n2[C@H]1c1cc(OC)c(OC)c(OC)c1. The fourth-order valence-corrected chi connectivity index (χ4v) is 5.34. The van der Waals surface area contributed by atoms with Crippen LogP contribution in [-0.4, -0.2) is 43.4 Å². The van der Waals surface area contributed by atoms with Crippen molar-refractivity contribution < 1.29 is 33.8 Å². The number of aromatic nitrogens is 1. The molecule has 2 aromatic carbocycles. The Bertz CT molecular complexity index is 1660. The standard InChI is InChI=1S/C26H25N3O9S/c1-6-38-25(32)20-13(2)27-26-28(21(20)15-10-17(35-3)23(37-5)18(11-15)36-4)24(31)19(39-26)12-14-8-7-9-16(22(14)30)29(33)34/h7-12,21,30H,6H2,1-5H3/p-1/b19-12+/t21-/m0/s1. The number of carbonyl (C=O) groups excluding carboxylic acids is 1. The van der Waals surface area contributed by atoms with Gasteiger partial charge >= 0.3 is 5.97 Å². The van der Waals surface area contributed by atoms with E-state index in [9.17, 15) is 24.8 Å². The van der Waals surface area contributed by atoms with Crippen molar-refractivity contribution in [2.45, 2.75) is 19.9 Å². The molecule has 0 radical (unpaired) electrons. The van der Waals surface area contributed by atoms with Gasteiger partial charge in [-0.3, -0.25) is 19.5 Å². The first-order valence-corrected chi connectivity index (χ1v) is 12.4. The number of methoxy groups -OCH3 is 3. The van der Waals surface area contributed by atoms with E-state index in [0.29, 0.717) is 28.5 Å². The van der Waals surface area contributed by atoms with Crippen molar-refractivity contribution in [1.82, 2.24) is 4.57 Å². The van der Waals surface area contributed by atoms with Gasteiger partial charge in [0, 0.05) is 6.07 Å². The lowest BCUT2D eigenvalue weighted by molar-refractivity contribution is -0.398. The molecule has 0 unspecified atom stereocenters. The maximum atomic E-state index is 13.8. The zero-order valence-corrected chi connectivity index (χ0v) is 22.5. The van der Waals surface area contributed by atoms with Gasteiger partial charge < -0.3 is 24.1 Å². The van der Waals surface area contributed by atoms with Crippen LogP contribution in [0.3, 0.4) is 0 Å². The third kappa shape index (κ3) is 4.83. The van der Waals surface area contributed by atoms with Crippen molar-refractivity contribution in [1.29, 1.82) is 0 Å². The molecule has 1 aliphatic heterocycles. The minimum Gasteiger partial charge on any atom is -0.867 e. The normalized spacial score (nSPS) is 14.9. The molecule has 13 heteroatoms. The summed E-state index contributed by atoms with van der Waals surface area (Å²) in [5.41, 5.74) is -0.274. The third-order valence-corrected chi connectivity index (χ3v) is 7.01. The summed E-state index contributed by atoms with van der Waals surface area (Å²) in [6.45, 7) is 3.39. The average molecular weight is 555 g/mol. The molecule has 1 aliphatic rings. The van der Waals surface area contributed by atoms with Crippen molar-refractivity contribution >= 4 is 29.1 Å². The van der Waals surface area contributed by atoms with Gasteiger partial charge in [-0.2, -0.15) is 0 Å². The van der Waals surface area contributed by atoms with Crippen LogP contribution in [-0.2, 0) is 9.53 Å². The summed E-state index contributed by atoms with van der Waals surface area (Å²) in [4.78, 5) is 42.1. The molecule has 0 bridgehead atoms. The fraction of sp³-hybridized carbons (Fsp3) is 0.269. The molecule has 4 rings (SSSR count). The quantitative estimate of drug-likeness (QED) is 0.230. The first-order chi connectivity index (χ1) is 18.7. The number of nitro groups is 1. The molecule has 0 saturated heterocycles. The lowest BCUT2D eigenvalue weighted by atomic mass is 9.95. The van der Waals surface area contributed by atoms with E-state index >= 15 is 0 Å². The second-order valence-corrected chi connectivity index (χ2v) is 9.22. The monoisotopic (exact) mass is 554 g/mol. The van der Waals surface area contributed by atoms with Crippen LogP contribution in [0.4, 0.5) is 5.69 Å². The molecular weight excluding hydrogens is 530 g/mol. The number of thiazole rings is 1. The summed E-state index contributed by atoms with van der Waals surface area (Å²) in [6, 6.07) is 6.10. The van der Waals surface area contributed by atoms with Gasteiger partial charge in [-0.15, -0.1) is 0 Å². The number of allylic oxidation sites excluding steroid dienone is 1. The Balaban J connectivity index is 2.03. The Morgan fingerprint density at radius 2 is 1.85 bits per heavy atom. The largest absolute Gasteiger partial charge is 0.867 e. The molecular formula is C26H24N3O9S-. The Kier molecular flexibility index (Phi) is 7.72. The summed E-state index contributed by atoms with van der Waals surface area (Å²) < 4.78 is 23.1. The third-order valence-electron chi connectivity index (χ3n) is 6.03.